The van der Waals surface area contributed by atoms with E-state index in [9.17, 15) is 4.79 Å². The molecular weight excluding hydrogens is 177 g/mol. The molecule has 0 saturated carbocycles. The van der Waals surface area contributed by atoms with Crippen molar-refractivity contribution in [3.63, 3.8) is 0 Å². The average molecular weight is 197 g/mol. The second-order valence-corrected chi connectivity index (χ2v) is 4.98. The van der Waals surface area contributed by atoms with E-state index < -0.39 is 0 Å². The minimum atomic E-state index is -0.100. The van der Waals surface area contributed by atoms with Crippen molar-refractivity contribution in [1.82, 2.24) is 15.2 Å². The largest absolute Gasteiger partial charge is 0.333 e. The Labute approximate surface area is 86.7 Å². The zero-order valence-electron chi connectivity index (χ0n) is 9.79. The number of nitrogens with one attached hydrogen (secondary N) is 1. The maximum atomic E-state index is 11.9. The lowest BCUT2D eigenvalue weighted by atomic mass is 9.63. The monoisotopic (exact) mass is 197 g/mol. The molecule has 0 atom stereocenters. The minimum Gasteiger partial charge on any atom is -0.319 e. The fraction of sp³-hybridized carbons (Fsp3) is 0.889. The van der Waals surface area contributed by atoms with Crippen molar-refractivity contribution in [2.75, 3.05) is 13.6 Å². The Bertz CT molecular complexity index is 227. The summed E-state index contributed by atoms with van der Waals surface area (Å²) in [5.74, 6) is 0. The molecule has 1 heterocycles. The highest BCUT2D eigenvalue weighted by atomic mass is 16.2. The summed E-state index contributed by atoms with van der Waals surface area (Å²) >= 11 is 0. The molecule has 1 rings (SSSR count). The minimum absolute atomic E-state index is 0.0573. The van der Waals surface area contributed by atoms with E-state index in [1.54, 1.807) is 12.1 Å². The molecule has 1 fully saturated rings. The molecule has 0 radical (unpaired) electrons. The summed E-state index contributed by atoms with van der Waals surface area (Å²) in [6.07, 6.45) is 0.993. The molecule has 1 aliphatic heterocycles. The number of carbonyl (C=O) groups is 1. The number of carbonyl (C=O) groups excluding carboxylic acids is 1. The third-order valence-corrected chi connectivity index (χ3v) is 2.53. The van der Waals surface area contributed by atoms with Gasteiger partial charge in [-0.1, -0.05) is 6.82 Å². The first kappa shape index (κ1) is 11.4. The van der Waals surface area contributed by atoms with Gasteiger partial charge in [0.1, 0.15) is 0 Å². The van der Waals surface area contributed by atoms with Crippen LogP contribution in [0, 0.1) is 0 Å². The maximum Gasteiger partial charge on any atom is 0.333 e. The number of rotatable bonds is 0. The van der Waals surface area contributed by atoms with E-state index in [-0.39, 0.29) is 11.6 Å². The Morgan fingerprint density at radius 3 is 2.50 bits per heavy atom. The van der Waals surface area contributed by atoms with Crippen molar-refractivity contribution in [2.45, 2.75) is 39.5 Å². The van der Waals surface area contributed by atoms with Crippen molar-refractivity contribution in [2.24, 2.45) is 0 Å². The van der Waals surface area contributed by atoms with E-state index in [2.05, 4.69) is 32.9 Å². The molecule has 4 nitrogen and oxygen atoms in total. The van der Waals surface area contributed by atoms with Crippen LogP contribution in [0.3, 0.4) is 0 Å². The van der Waals surface area contributed by atoms with Gasteiger partial charge in [-0.3, -0.25) is 10.3 Å². The maximum absolute atomic E-state index is 11.9. The fourth-order valence-corrected chi connectivity index (χ4v) is 1.67. The molecule has 0 bridgehead atoms. The fourth-order valence-electron chi connectivity index (χ4n) is 1.67. The first-order valence-corrected chi connectivity index (χ1v) is 5.14. The van der Waals surface area contributed by atoms with E-state index >= 15 is 0 Å². The number of urea groups is 1. The summed E-state index contributed by atoms with van der Waals surface area (Å²) in [4.78, 5) is 13.8. The summed E-state index contributed by atoms with van der Waals surface area (Å²) in [5, 5.41) is 4.72. The summed E-state index contributed by atoms with van der Waals surface area (Å²) in [7, 11) is 1.78. The lowest BCUT2D eigenvalue weighted by Crippen LogP contribution is -2.52. The van der Waals surface area contributed by atoms with Crippen LogP contribution in [0.4, 0.5) is 4.79 Å². The van der Waals surface area contributed by atoms with Crippen LogP contribution in [0.15, 0.2) is 0 Å². The molecule has 2 amide bonds. The van der Waals surface area contributed by atoms with E-state index in [4.69, 9.17) is 0 Å². The zero-order valence-corrected chi connectivity index (χ0v) is 9.79. The second-order valence-electron chi connectivity index (χ2n) is 4.98. The van der Waals surface area contributed by atoms with Gasteiger partial charge >= 0.3 is 6.03 Å². The van der Waals surface area contributed by atoms with Gasteiger partial charge in [-0.2, -0.15) is 0 Å². The van der Waals surface area contributed by atoms with Gasteiger partial charge in [0.2, 0.25) is 6.85 Å². The third-order valence-electron chi connectivity index (χ3n) is 2.53. The van der Waals surface area contributed by atoms with Gasteiger partial charge in [-0.05, 0) is 27.1 Å². The van der Waals surface area contributed by atoms with E-state index in [1.807, 2.05) is 4.90 Å². The van der Waals surface area contributed by atoms with Gasteiger partial charge < -0.3 is 4.90 Å². The topological polar surface area (TPSA) is 35.6 Å². The van der Waals surface area contributed by atoms with Gasteiger partial charge in [-0.15, -0.1) is 0 Å². The smallest absolute Gasteiger partial charge is 0.319 e. The van der Waals surface area contributed by atoms with Crippen LogP contribution >= 0.6 is 0 Å². The quantitative estimate of drug-likeness (QED) is 0.593. The van der Waals surface area contributed by atoms with Crippen molar-refractivity contribution >= 4 is 12.9 Å². The molecule has 80 valence electrons. The number of hydrazine groups is 1. The Morgan fingerprint density at radius 2 is 2.00 bits per heavy atom. The first-order valence-electron chi connectivity index (χ1n) is 5.14. The van der Waals surface area contributed by atoms with Crippen molar-refractivity contribution < 1.29 is 4.79 Å². The molecule has 0 aromatic carbocycles. The van der Waals surface area contributed by atoms with Crippen LogP contribution < -0.4 is 5.34 Å². The summed E-state index contributed by atoms with van der Waals surface area (Å²) in [6, 6.07) is 0.0573. The highest BCUT2D eigenvalue weighted by Gasteiger charge is 2.32. The highest BCUT2D eigenvalue weighted by Crippen LogP contribution is 2.17. The van der Waals surface area contributed by atoms with Crippen molar-refractivity contribution in [3.05, 3.63) is 0 Å². The van der Waals surface area contributed by atoms with Crippen molar-refractivity contribution in [3.8, 4) is 0 Å². The zero-order chi connectivity index (χ0) is 10.9. The van der Waals surface area contributed by atoms with Gasteiger partial charge in [0, 0.05) is 19.1 Å². The normalized spacial score (nSPS) is 20.1. The summed E-state index contributed by atoms with van der Waals surface area (Å²) in [5.41, 5.74) is -0.100. The average Bonchev–Trinajstić information content (AvgIpc) is 2.11. The molecule has 1 aliphatic rings. The Hall–Kier alpha value is -0.705. The molecule has 1 saturated heterocycles. The van der Waals surface area contributed by atoms with Crippen LogP contribution in [0.1, 0.15) is 20.8 Å². The molecule has 5 heteroatoms. The lowest BCUT2D eigenvalue weighted by Gasteiger charge is -2.36. The van der Waals surface area contributed by atoms with E-state index in [1.165, 1.54) is 0 Å². The van der Waals surface area contributed by atoms with Gasteiger partial charge in [0.05, 0.1) is 0 Å². The highest BCUT2D eigenvalue weighted by molar-refractivity contribution is 6.54. The molecular formula is C9H20BN3O. The molecule has 1 N–H and O–H groups in total. The Kier molecular flexibility index (Phi) is 3.09. The number of amides is 2. The summed E-state index contributed by atoms with van der Waals surface area (Å²) in [6.45, 7) is 9.46. The molecule has 0 spiro atoms. The molecule has 0 aromatic rings. The molecule has 0 aromatic heterocycles. The lowest BCUT2D eigenvalue weighted by molar-refractivity contribution is 0.119. The molecule has 0 unspecified atom stereocenters. The molecule has 14 heavy (non-hydrogen) atoms. The first-order chi connectivity index (χ1) is 6.32. The predicted molar refractivity (Wildman–Crippen MR) is 59.2 cm³/mol. The number of hydrogen-bond acceptors (Lipinski definition) is 2. The number of hydrogen-bond donors (Lipinski definition) is 1. The van der Waals surface area contributed by atoms with Crippen LogP contribution in [0.2, 0.25) is 13.1 Å². The van der Waals surface area contributed by atoms with Gasteiger partial charge in [0.25, 0.3) is 0 Å². The second kappa shape index (κ2) is 3.81. The predicted octanol–water partition coefficient (Wildman–Crippen LogP) is 1.28. The van der Waals surface area contributed by atoms with Gasteiger partial charge in [0.15, 0.2) is 0 Å². The standard InChI is InChI=1S/C9H20BN3O/c1-9(2,3)13-7-6-10(4)11-12(5)8(13)14/h11H,6-7H2,1-5H3. The van der Waals surface area contributed by atoms with E-state index in [0.29, 0.717) is 6.85 Å². The van der Waals surface area contributed by atoms with Crippen LogP contribution in [0.5, 0.6) is 0 Å². The van der Waals surface area contributed by atoms with Crippen LogP contribution in [0.25, 0.3) is 0 Å². The van der Waals surface area contributed by atoms with Crippen LogP contribution in [-0.4, -0.2) is 41.9 Å². The van der Waals surface area contributed by atoms with Crippen molar-refractivity contribution in [1.29, 1.82) is 0 Å². The molecule has 0 aliphatic carbocycles. The Balaban J connectivity index is 2.81. The number of nitrogens with zero attached hydrogens (tertiary/aromatic N) is 2. The Morgan fingerprint density at radius 1 is 1.43 bits per heavy atom. The van der Waals surface area contributed by atoms with Gasteiger partial charge in [-0.25, -0.2) is 4.79 Å². The third kappa shape index (κ3) is 2.41. The summed E-state index contributed by atoms with van der Waals surface area (Å²) < 4.78 is 0. The van der Waals surface area contributed by atoms with E-state index in [0.717, 1.165) is 12.9 Å². The SMILES string of the molecule is CB1CCN(C(C)(C)C)C(=O)N(C)N1. The van der Waals surface area contributed by atoms with Crippen LogP contribution in [-0.2, 0) is 0 Å².